The number of rotatable bonds is 3. The highest BCUT2D eigenvalue weighted by atomic mass is 32.2. The summed E-state index contributed by atoms with van der Waals surface area (Å²) in [6, 6.07) is 11.1. The molecule has 2 aliphatic heterocycles. The molecule has 1 aromatic carbocycles. The zero-order valence-corrected chi connectivity index (χ0v) is 14.3. The predicted octanol–water partition coefficient (Wildman–Crippen LogP) is 3.43. The van der Waals surface area contributed by atoms with E-state index in [0.717, 1.165) is 11.3 Å². The molecule has 1 fully saturated rings. The number of amidine groups is 1. The molecule has 6 nitrogen and oxygen atoms in total. The van der Waals surface area contributed by atoms with Crippen LogP contribution in [0.4, 0.5) is 5.82 Å². The Balaban J connectivity index is 1.65. The van der Waals surface area contributed by atoms with Crippen molar-refractivity contribution in [2.24, 2.45) is 4.99 Å². The van der Waals surface area contributed by atoms with Crippen molar-refractivity contribution in [1.29, 1.82) is 0 Å². The molecule has 0 unspecified atom stereocenters. The molecule has 0 aliphatic carbocycles. The summed E-state index contributed by atoms with van der Waals surface area (Å²) in [5.74, 6) is 1.94. The Labute approximate surface area is 149 Å². The SMILES string of the molecule is CCN1C(=O)/C(=C/c2ccc3c(c2)OCO3)S/C1=N/c1ccccn1. The fraction of sp³-hybridized carbons (Fsp3) is 0.167. The van der Waals surface area contributed by atoms with Crippen LogP contribution in [0.15, 0.2) is 52.5 Å². The molecule has 1 saturated heterocycles. The van der Waals surface area contributed by atoms with E-state index in [2.05, 4.69) is 9.98 Å². The highest BCUT2D eigenvalue weighted by Gasteiger charge is 2.32. The lowest BCUT2D eigenvalue weighted by molar-refractivity contribution is -0.122. The zero-order valence-electron chi connectivity index (χ0n) is 13.5. The lowest BCUT2D eigenvalue weighted by Gasteiger charge is -2.11. The minimum atomic E-state index is -0.0557. The predicted molar refractivity (Wildman–Crippen MR) is 96.9 cm³/mol. The van der Waals surface area contributed by atoms with Gasteiger partial charge in [-0.1, -0.05) is 12.1 Å². The number of carbonyl (C=O) groups is 1. The van der Waals surface area contributed by atoms with Crippen LogP contribution in [0.1, 0.15) is 12.5 Å². The van der Waals surface area contributed by atoms with E-state index in [1.54, 1.807) is 11.1 Å². The van der Waals surface area contributed by atoms with Crippen LogP contribution in [-0.2, 0) is 4.79 Å². The number of nitrogens with zero attached hydrogens (tertiary/aromatic N) is 3. The molecule has 3 heterocycles. The summed E-state index contributed by atoms with van der Waals surface area (Å²) >= 11 is 1.35. The standard InChI is InChI=1S/C18H15N3O3S/c1-2-21-17(22)15(25-18(21)20-16-5-3-4-8-19-16)10-12-6-7-13-14(9-12)24-11-23-13/h3-10H,2,11H2,1H3/b15-10-,20-18+. The van der Waals surface area contributed by atoms with Crippen LogP contribution in [0.3, 0.4) is 0 Å². The third-order valence-corrected chi connectivity index (χ3v) is 4.76. The van der Waals surface area contributed by atoms with E-state index in [-0.39, 0.29) is 12.7 Å². The van der Waals surface area contributed by atoms with Gasteiger partial charge in [0, 0.05) is 12.7 Å². The molecule has 0 N–H and O–H groups in total. The van der Waals surface area contributed by atoms with E-state index in [1.807, 2.05) is 49.4 Å². The summed E-state index contributed by atoms with van der Waals surface area (Å²) in [5.41, 5.74) is 0.884. The van der Waals surface area contributed by atoms with Crippen molar-refractivity contribution in [3.8, 4) is 11.5 Å². The van der Waals surface area contributed by atoms with Gasteiger partial charge in [0.1, 0.15) is 0 Å². The van der Waals surface area contributed by atoms with Crippen molar-refractivity contribution in [2.75, 3.05) is 13.3 Å². The van der Waals surface area contributed by atoms with Gasteiger partial charge in [-0.3, -0.25) is 9.69 Å². The number of carbonyl (C=O) groups excluding carboxylic acids is 1. The Bertz CT molecular complexity index is 880. The smallest absolute Gasteiger partial charge is 0.266 e. The Hall–Kier alpha value is -2.80. The van der Waals surface area contributed by atoms with Crippen molar-refractivity contribution in [1.82, 2.24) is 9.88 Å². The number of likely N-dealkylation sites (N-methyl/N-ethyl adjacent to an activating group) is 1. The summed E-state index contributed by atoms with van der Waals surface area (Å²) in [4.78, 5) is 23.6. The number of ether oxygens (including phenoxy) is 2. The lowest BCUT2D eigenvalue weighted by atomic mass is 10.2. The van der Waals surface area contributed by atoms with Gasteiger partial charge in [0.2, 0.25) is 6.79 Å². The molecule has 2 aliphatic rings. The van der Waals surface area contributed by atoms with Gasteiger partial charge in [-0.25, -0.2) is 9.98 Å². The number of thioether (sulfide) groups is 1. The Morgan fingerprint density at radius 2 is 2.16 bits per heavy atom. The highest BCUT2D eigenvalue weighted by Crippen LogP contribution is 2.36. The van der Waals surface area contributed by atoms with Gasteiger partial charge < -0.3 is 9.47 Å². The average molecular weight is 353 g/mol. The molecule has 126 valence electrons. The number of aromatic nitrogens is 1. The first-order chi connectivity index (χ1) is 12.2. The molecule has 7 heteroatoms. The monoisotopic (exact) mass is 353 g/mol. The van der Waals surface area contributed by atoms with Crippen molar-refractivity contribution >= 4 is 34.7 Å². The van der Waals surface area contributed by atoms with E-state index in [9.17, 15) is 4.79 Å². The number of benzene rings is 1. The molecule has 0 saturated carbocycles. The third kappa shape index (κ3) is 3.10. The van der Waals surface area contributed by atoms with Crippen molar-refractivity contribution in [3.05, 3.63) is 53.1 Å². The second-order valence-electron chi connectivity index (χ2n) is 5.36. The number of aliphatic imine (C=N–C) groups is 1. The molecule has 1 amide bonds. The molecular formula is C18H15N3O3S. The lowest BCUT2D eigenvalue weighted by Crippen LogP contribution is -2.28. The summed E-state index contributed by atoms with van der Waals surface area (Å²) in [5, 5.41) is 0.637. The molecule has 1 aromatic heterocycles. The minimum Gasteiger partial charge on any atom is -0.454 e. The molecule has 0 atom stereocenters. The Morgan fingerprint density at radius 1 is 1.28 bits per heavy atom. The maximum absolute atomic E-state index is 12.7. The van der Waals surface area contributed by atoms with E-state index in [0.29, 0.717) is 28.2 Å². The first-order valence-corrected chi connectivity index (χ1v) is 8.67. The third-order valence-electron chi connectivity index (χ3n) is 3.76. The fourth-order valence-corrected chi connectivity index (χ4v) is 3.59. The molecule has 0 radical (unpaired) electrons. The summed E-state index contributed by atoms with van der Waals surface area (Å²) < 4.78 is 10.7. The maximum atomic E-state index is 12.7. The van der Waals surface area contributed by atoms with Crippen LogP contribution in [0.25, 0.3) is 6.08 Å². The van der Waals surface area contributed by atoms with E-state index >= 15 is 0 Å². The molecule has 25 heavy (non-hydrogen) atoms. The van der Waals surface area contributed by atoms with E-state index in [1.165, 1.54) is 11.8 Å². The van der Waals surface area contributed by atoms with Crippen LogP contribution < -0.4 is 9.47 Å². The normalized spacial score (nSPS) is 19.2. The average Bonchev–Trinajstić information content (AvgIpc) is 3.20. The van der Waals surface area contributed by atoms with Crippen LogP contribution in [-0.4, -0.2) is 34.3 Å². The van der Waals surface area contributed by atoms with E-state index in [4.69, 9.17) is 9.47 Å². The highest BCUT2D eigenvalue weighted by molar-refractivity contribution is 8.18. The number of hydrogen-bond acceptors (Lipinski definition) is 6. The first kappa shape index (κ1) is 15.7. The minimum absolute atomic E-state index is 0.0557. The summed E-state index contributed by atoms with van der Waals surface area (Å²) in [6.45, 7) is 2.71. The van der Waals surface area contributed by atoms with Gasteiger partial charge in [-0.05, 0) is 54.6 Å². The van der Waals surface area contributed by atoms with Crippen LogP contribution in [0.2, 0.25) is 0 Å². The van der Waals surface area contributed by atoms with Crippen LogP contribution >= 0.6 is 11.8 Å². The Morgan fingerprint density at radius 3 is 2.96 bits per heavy atom. The molecular weight excluding hydrogens is 338 g/mol. The van der Waals surface area contributed by atoms with Crippen molar-refractivity contribution < 1.29 is 14.3 Å². The summed E-state index contributed by atoms with van der Waals surface area (Å²) in [6.07, 6.45) is 3.53. The second kappa shape index (κ2) is 6.60. The van der Waals surface area contributed by atoms with Gasteiger partial charge in [0.15, 0.2) is 22.5 Å². The topological polar surface area (TPSA) is 64.0 Å². The zero-order chi connectivity index (χ0) is 17.2. The van der Waals surface area contributed by atoms with Gasteiger partial charge in [0.25, 0.3) is 5.91 Å². The van der Waals surface area contributed by atoms with Gasteiger partial charge in [-0.2, -0.15) is 0 Å². The fourth-order valence-electron chi connectivity index (χ4n) is 2.54. The maximum Gasteiger partial charge on any atom is 0.266 e. The molecule has 4 rings (SSSR count). The van der Waals surface area contributed by atoms with Gasteiger partial charge in [0.05, 0.1) is 4.91 Å². The molecule has 2 aromatic rings. The number of amides is 1. The molecule has 0 spiro atoms. The van der Waals surface area contributed by atoms with Crippen molar-refractivity contribution in [3.63, 3.8) is 0 Å². The number of pyridine rings is 1. The van der Waals surface area contributed by atoms with Gasteiger partial charge >= 0.3 is 0 Å². The van der Waals surface area contributed by atoms with E-state index < -0.39 is 0 Å². The van der Waals surface area contributed by atoms with Crippen LogP contribution in [0, 0.1) is 0 Å². The number of hydrogen-bond donors (Lipinski definition) is 0. The van der Waals surface area contributed by atoms with Crippen molar-refractivity contribution in [2.45, 2.75) is 6.92 Å². The largest absolute Gasteiger partial charge is 0.454 e. The quantitative estimate of drug-likeness (QED) is 0.791. The van der Waals surface area contributed by atoms with Crippen LogP contribution in [0.5, 0.6) is 11.5 Å². The Kier molecular flexibility index (Phi) is 4.15. The van der Waals surface area contributed by atoms with Gasteiger partial charge in [-0.15, -0.1) is 0 Å². The number of fused-ring (bicyclic) bond motifs is 1. The molecule has 0 bridgehead atoms. The first-order valence-electron chi connectivity index (χ1n) is 7.85. The summed E-state index contributed by atoms with van der Waals surface area (Å²) in [7, 11) is 0. The second-order valence-corrected chi connectivity index (χ2v) is 6.36.